The van der Waals surface area contributed by atoms with Crippen molar-refractivity contribution in [2.45, 2.75) is 70.8 Å². The quantitative estimate of drug-likeness (QED) is 0.834. The highest BCUT2D eigenvalue weighted by atomic mass is 16.4. The lowest BCUT2D eigenvalue weighted by Crippen LogP contribution is -2.44. The molecular formula is C16H25NO3. The van der Waals surface area contributed by atoms with Gasteiger partial charge in [0, 0.05) is 11.6 Å². The Labute approximate surface area is 120 Å². The maximum absolute atomic E-state index is 12.3. The number of carboxylic acids is 1. The van der Waals surface area contributed by atoms with Gasteiger partial charge in [0.05, 0.1) is 5.92 Å². The zero-order chi connectivity index (χ0) is 14.5. The van der Waals surface area contributed by atoms with Gasteiger partial charge >= 0.3 is 5.97 Å². The molecule has 0 bridgehead atoms. The summed E-state index contributed by atoms with van der Waals surface area (Å²) in [5.74, 6) is -1.23. The molecule has 1 saturated carbocycles. The molecule has 0 aromatic heterocycles. The van der Waals surface area contributed by atoms with Gasteiger partial charge in [0.1, 0.15) is 0 Å². The van der Waals surface area contributed by atoms with Crippen LogP contribution in [-0.2, 0) is 9.59 Å². The van der Waals surface area contributed by atoms with Crippen LogP contribution in [0, 0.1) is 5.92 Å². The summed E-state index contributed by atoms with van der Waals surface area (Å²) in [4.78, 5) is 23.8. The van der Waals surface area contributed by atoms with Crippen LogP contribution in [0.25, 0.3) is 0 Å². The summed E-state index contributed by atoms with van der Waals surface area (Å²) >= 11 is 0. The Morgan fingerprint density at radius 2 is 1.75 bits per heavy atom. The van der Waals surface area contributed by atoms with E-state index in [4.69, 9.17) is 0 Å². The monoisotopic (exact) mass is 279 g/mol. The Bertz CT molecular complexity index is 414. The lowest BCUT2D eigenvalue weighted by atomic mass is 9.86. The van der Waals surface area contributed by atoms with Crippen LogP contribution in [0.4, 0.5) is 0 Å². The Balaban J connectivity index is 2.04. The molecule has 2 aliphatic carbocycles. The minimum absolute atomic E-state index is 0.0307. The maximum atomic E-state index is 12.3. The van der Waals surface area contributed by atoms with Crippen LogP contribution >= 0.6 is 0 Å². The fourth-order valence-electron chi connectivity index (χ4n) is 3.41. The SMILES string of the molecule is CC1=C(C(=O)NC2CCCCCCC2C(=O)O)CCC1. The third-order valence-corrected chi connectivity index (χ3v) is 4.67. The van der Waals surface area contributed by atoms with E-state index >= 15 is 0 Å². The highest BCUT2D eigenvalue weighted by Gasteiger charge is 2.31. The molecule has 0 aromatic carbocycles. The average molecular weight is 279 g/mol. The number of amides is 1. The largest absolute Gasteiger partial charge is 0.481 e. The summed E-state index contributed by atoms with van der Waals surface area (Å²) in [5, 5.41) is 12.4. The minimum Gasteiger partial charge on any atom is -0.481 e. The second kappa shape index (κ2) is 6.91. The molecule has 2 aliphatic rings. The van der Waals surface area contributed by atoms with Gasteiger partial charge in [-0.3, -0.25) is 9.59 Å². The number of hydrogen-bond acceptors (Lipinski definition) is 2. The predicted octanol–water partition coefficient (Wildman–Crippen LogP) is 3.03. The van der Waals surface area contributed by atoms with E-state index in [0.29, 0.717) is 6.42 Å². The van der Waals surface area contributed by atoms with E-state index in [9.17, 15) is 14.7 Å². The van der Waals surface area contributed by atoms with E-state index in [1.807, 2.05) is 6.92 Å². The molecule has 1 fully saturated rings. The zero-order valence-electron chi connectivity index (χ0n) is 12.3. The van der Waals surface area contributed by atoms with E-state index in [1.165, 1.54) is 5.57 Å². The van der Waals surface area contributed by atoms with Crippen LogP contribution in [0.5, 0.6) is 0 Å². The van der Waals surface area contributed by atoms with Gasteiger partial charge in [-0.05, 0) is 39.0 Å². The van der Waals surface area contributed by atoms with Gasteiger partial charge in [-0.2, -0.15) is 0 Å². The van der Waals surface area contributed by atoms with E-state index in [1.54, 1.807) is 0 Å². The number of rotatable bonds is 3. The van der Waals surface area contributed by atoms with Crippen LogP contribution < -0.4 is 5.32 Å². The summed E-state index contributed by atoms with van der Waals surface area (Å²) < 4.78 is 0. The molecule has 2 atom stereocenters. The van der Waals surface area contributed by atoms with Crippen LogP contribution in [0.3, 0.4) is 0 Å². The lowest BCUT2D eigenvalue weighted by molar-refractivity contribution is -0.143. The predicted molar refractivity (Wildman–Crippen MR) is 77.3 cm³/mol. The first-order valence-electron chi connectivity index (χ1n) is 7.82. The van der Waals surface area contributed by atoms with Crippen molar-refractivity contribution >= 4 is 11.9 Å². The van der Waals surface area contributed by atoms with E-state index in [0.717, 1.165) is 56.9 Å². The van der Waals surface area contributed by atoms with Gasteiger partial charge in [-0.25, -0.2) is 0 Å². The van der Waals surface area contributed by atoms with Gasteiger partial charge in [-0.15, -0.1) is 0 Å². The molecule has 2 rings (SSSR count). The first-order valence-corrected chi connectivity index (χ1v) is 7.82. The molecule has 0 spiro atoms. The number of carbonyl (C=O) groups is 2. The van der Waals surface area contributed by atoms with Crippen LogP contribution in [0.1, 0.15) is 64.7 Å². The van der Waals surface area contributed by atoms with Crippen LogP contribution in [-0.4, -0.2) is 23.0 Å². The van der Waals surface area contributed by atoms with Crippen molar-refractivity contribution < 1.29 is 14.7 Å². The number of allylic oxidation sites excluding steroid dienone is 1. The summed E-state index contributed by atoms with van der Waals surface area (Å²) in [6.45, 7) is 2.01. The summed E-state index contributed by atoms with van der Waals surface area (Å²) in [5.41, 5.74) is 2.05. The molecule has 0 heterocycles. The second-order valence-electron chi connectivity index (χ2n) is 6.13. The first kappa shape index (κ1) is 15.1. The molecule has 2 unspecified atom stereocenters. The van der Waals surface area contributed by atoms with E-state index < -0.39 is 11.9 Å². The molecular weight excluding hydrogens is 254 g/mol. The third-order valence-electron chi connectivity index (χ3n) is 4.67. The molecule has 4 heteroatoms. The Morgan fingerprint density at radius 3 is 2.35 bits per heavy atom. The Hall–Kier alpha value is -1.32. The molecule has 112 valence electrons. The van der Waals surface area contributed by atoms with Crippen molar-refractivity contribution in [1.82, 2.24) is 5.32 Å². The van der Waals surface area contributed by atoms with Crippen molar-refractivity contribution in [3.8, 4) is 0 Å². The normalized spacial score (nSPS) is 27.9. The molecule has 0 aromatic rings. The average Bonchev–Trinajstić information content (AvgIpc) is 2.78. The summed E-state index contributed by atoms with van der Waals surface area (Å²) in [6, 6.07) is -0.207. The highest BCUT2D eigenvalue weighted by Crippen LogP contribution is 2.27. The number of hydrogen-bond donors (Lipinski definition) is 2. The Morgan fingerprint density at radius 1 is 1.05 bits per heavy atom. The minimum atomic E-state index is -0.769. The summed E-state index contributed by atoms with van der Waals surface area (Å²) in [6.07, 6.45) is 8.54. The maximum Gasteiger partial charge on any atom is 0.308 e. The second-order valence-corrected chi connectivity index (χ2v) is 6.13. The number of aliphatic carboxylic acids is 1. The number of carboxylic acid groups (broad SMARTS) is 1. The number of nitrogens with one attached hydrogen (secondary N) is 1. The van der Waals surface area contributed by atoms with Crippen molar-refractivity contribution in [1.29, 1.82) is 0 Å². The van der Waals surface area contributed by atoms with Gasteiger partial charge < -0.3 is 10.4 Å². The third kappa shape index (κ3) is 3.62. The zero-order valence-corrected chi connectivity index (χ0v) is 12.3. The molecule has 1 amide bonds. The molecule has 20 heavy (non-hydrogen) atoms. The van der Waals surface area contributed by atoms with Crippen molar-refractivity contribution in [3.63, 3.8) is 0 Å². The highest BCUT2D eigenvalue weighted by molar-refractivity contribution is 5.95. The van der Waals surface area contributed by atoms with Gasteiger partial charge in [0.15, 0.2) is 0 Å². The van der Waals surface area contributed by atoms with E-state index in [-0.39, 0.29) is 11.9 Å². The van der Waals surface area contributed by atoms with Crippen LogP contribution in [0.2, 0.25) is 0 Å². The number of carbonyl (C=O) groups excluding carboxylic acids is 1. The van der Waals surface area contributed by atoms with Crippen molar-refractivity contribution in [3.05, 3.63) is 11.1 Å². The molecule has 0 radical (unpaired) electrons. The van der Waals surface area contributed by atoms with Gasteiger partial charge in [0.2, 0.25) is 5.91 Å². The molecule has 2 N–H and O–H groups in total. The first-order chi connectivity index (χ1) is 9.59. The standard InChI is InChI=1S/C16H25NO3/c1-11-7-6-9-12(11)15(18)17-14-10-5-3-2-4-8-13(14)16(19)20/h13-14H,2-10H2,1H3,(H,17,18)(H,19,20). The van der Waals surface area contributed by atoms with E-state index in [2.05, 4.69) is 5.32 Å². The van der Waals surface area contributed by atoms with Gasteiger partial charge in [0.25, 0.3) is 0 Å². The molecule has 4 nitrogen and oxygen atoms in total. The summed E-state index contributed by atoms with van der Waals surface area (Å²) in [7, 11) is 0. The fourth-order valence-corrected chi connectivity index (χ4v) is 3.41. The smallest absolute Gasteiger partial charge is 0.308 e. The topological polar surface area (TPSA) is 66.4 Å². The lowest BCUT2D eigenvalue weighted by Gasteiger charge is -2.27. The van der Waals surface area contributed by atoms with Crippen molar-refractivity contribution in [2.75, 3.05) is 0 Å². The van der Waals surface area contributed by atoms with Crippen molar-refractivity contribution in [2.24, 2.45) is 5.92 Å². The van der Waals surface area contributed by atoms with Crippen LogP contribution in [0.15, 0.2) is 11.1 Å². The fraction of sp³-hybridized carbons (Fsp3) is 0.750. The molecule has 0 aliphatic heterocycles. The Kier molecular flexibility index (Phi) is 5.21. The molecule has 0 saturated heterocycles. The van der Waals surface area contributed by atoms with Gasteiger partial charge in [-0.1, -0.05) is 31.3 Å².